The van der Waals surface area contributed by atoms with Gasteiger partial charge in [0, 0.05) is 19.6 Å². The van der Waals surface area contributed by atoms with Gasteiger partial charge < -0.3 is 10.2 Å². The van der Waals surface area contributed by atoms with Crippen LogP contribution in [-0.2, 0) is 0 Å². The Morgan fingerprint density at radius 1 is 1.38 bits per heavy atom. The zero-order chi connectivity index (χ0) is 12.2. The van der Waals surface area contributed by atoms with E-state index in [0.717, 1.165) is 6.54 Å². The van der Waals surface area contributed by atoms with Crippen molar-refractivity contribution < 1.29 is 0 Å². The highest BCUT2D eigenvalue weighted by Crippen LogP contribution is 2.31. The molecule has 1 rings (SSSR count). The monoisotopic (exact) mass is 226 g/mol. The minimum Gasteiger partial charge on any atom is -0.319 e. The molecule has 0 aliphatic carbocycles. The van der Waals surface area contributed by atoms with Gasteiger partial charge in [0.05, 0.1) is 0 Å². The van der Waals surface area contributed by atoms with Crippen molar-refractivity contribution in [3.63, 3.8) is 0 Å². The summed E-state index contributed by atoms with van der Waals surface area (Å²) in [5.41, 5.74) is 0.953. The van der Waals surface area contributed by atoms with Crippen LogP contribution in [0.4, 0.5) is 0 Å². The number of piperidine rings is 1. The maximum Gasteiger partial charge on any atom is 0.00476 e. The zero-order valence-electron chi connectivity index (χ0n) is 11.9. The summed E-state index contributed by atoms with van der Waals surface area (Å²) >= 11 is 0. The molecule has 0 amide bonds. The van der Waals surface area contributed by atoms with Crippen LogP contribution in [-0.4, -0.2) is 38.1 Å². The fourth-order valence-corrected chi connectivity index (χ4v) is 2.94. The van der Waals surface area contributed by atoms with Crippen molar-refractivity contribution in [1.29, 1.82) is 0 Å². The van der Waals surface area contributed by atoms with Gasteiger partial charge in [0.15, 0.2) is 0 Å². The Labute approximate surface area is 102 Å². The van der Waals surface area contributed by atoms with Gasteiger partial charge in [-0.25, -0.2) is 0 Å². The number of likely N-dealkylation sites (tertiary alicyclic amines) is 1. The maximum atomic E-state index is 3.34. The Morgan fingerprint density at radius 2 is 2.06 bits per heavy atom. The minimum absolute atomic E-state index is 0.433. The van der Waals surface area contributed by atoms with Gasteiger partial charge in [-0.05, 0) is 43.7 Å². The quantitative estimate of drug-likeness (QED) is 0.775. The van der Waals surface area contributed by atoms with Gasteiger partial charge in [-0.3, -0.25) is 0 Å². The van der Waals surface area contributed by atoms with Gasteiger partial charge in [0.25, 0.3) is 0 Å². The van der Waals surface area contributed by atoms with Gasteiger partial charge in [-0.1, -0.05) is 27.7 Å². The van der Waals surface area contributed by atoms with Crippen LogP contribution < -0.4 is 5.32 Å². The second kappa shape index (κ2) is 5.50. The van der Waals surface area contributed by atoms with E-state index in [1.54, 1.807) is 0 Å². The van der Waals surface area contributed by atoms with Crippen LogP contribution in [0.15, 0.2) is 0 Å². The van der Waals surface area contributed by atoms with Crippen LogP contribution in [0.2, 0.25) is 0 Å². The summed E-state index contributed by atoms with van der Waals surface area (Å²) in [5, 5.41) is 3.34. The molecule has 1 unspecified atom stereocenters. The van der Waals surface area contributed by atoms with Crippen molar-refractivity contribution in [2.45, 2.75) is 47.0 Å². The molecule has 1 N–H and O–H groups in total. The number of hydrogen-bond acceptors (Lipinski definition) is 2. The van der Waals surface area contributed by atoms with E-state index in [0.29, 0.717) is 10.8 Å². The molecule has 1 atom stereocenters. The molecular formula is C14H30N2. The van der Waals surface area contributed by atoms with Crippen LogP contribution in [0.3, 0.4) is 0 Å². The lowest BCUT2D eigenvalue weighted by Crippen LogP contribution is -2.47. The number of hydrogen-bond donors (Lipinski definition) is 1. The van der Waals surface area contributed by atoms with Crippen LogP contribution >= 0.6 is 0 Å². The predicted octanol–water partition coefficient (Wildman–Crippen LogP) is 2.74. The van der Waals surface area contributed by atoms with Crippen molar-refractivity contribution >= 4 is 0 Å². The summed E-state index contributed by atoms with van der Waals surface area (Å²) < 4.78 is 0. The lowest BCUT2D eigenvalue weighted by molar-refractivity contribution is 0.0735. The molecule has 0 aromatic carbocycles. The molecule has 96 valence electrons. The van der Waals surface area contributed by atoms with E-state index in [4.69, 9.17) is 0 Å². The van der Waals surface area contributed by atoms with Crippen LogP contribution in [0.5, 0.6) is 0 Å². The van der Waals surface area contributed by atoms with Crippen molar-refractivity contribution in [3.8, 4) is 0 Å². The molecular weight excluding hydrogens is 196 g/mol. The molecule has 16 heavy (non-hydrogen) atoms. The molecule has 0 saturated carbocycles. The van der Waals surface area contributed by atoms with E-state index in [9.17, 15) is 0 Å². The molecule has 0 spiro atoms. The standard InChI is InChI=1S/C14H30N2/c1-6-14(4,10-15-5)12-16-9-7-8-13(2,3)11-16/h15H,6-12H2,1-5H3. The topological polar surface area (TPSA) is 15.3 Å². The first-order chi connectivity index (χ1) is 7.41. The zero-order valence-corrected chi connectivity index (χ0v) is 11.9. The second-order valence-electron chi connectivity index (χ2n) is 6.67. The fourth-order valence-electron chi connectivity index (χ4n) is 2.94. The molecule has 1 aliphatic heterocycles. The number of rotatable bonds is 5. The molecule has 0 aromatic heterocycles. The maximum absolute atomic E-state index is 3.34. The third kappa shape index (κ3) is 4.06. The highest BCUT2D eigenvalue weighted by Gasteiger charge is 2.31. The van der Waals surface area contributed by atoms with E-state index in [2.05, 4.69) is 45.0 Å². The Morgan fingerprint density at radius 3 is 2.56 bits per heavy atom. The van der Waals surface area contributed by atoms with E-state index in [1.165, 1.54) is 38.9 Å². The molecule has 0 bridgehead atoms. The summed E-state index contributed by atoms with van der Waals surface area (Å²) in [7, 11) is 2.06. The molecule has 0 radical (unpaired) electrons. The average molecular weight is 226 g/mol. The van der Waals surface area contributed by atoms with Gasteiger partial charge in [-0.2, -0.15) is 0 Å². The van der Waals surface area contributed by atoms with Gasteiger partial charge in [0.1, 0.15) is 0 Å². The third-order valence-corrected chi connectivity index (χ3v) is 4.04. The lowest BCUT2D eigenvalue weighted by atomic mass is 9.81. The van der Waals surface area contributed by atoms with Gasteiger partial charge >= 0.3 is 0 Å². The van der Waals surface area contributed by atoms with Crippen LogP contribution in [0, 0.1) is 10.8 Å². The minimum atomic E-state index is 0.433. The van der Waals surface area contributed by atoms with E-state index >= 15 is 0 Å². The highest BCUT2D eigenvalue weighted by atomic mass is 15.1. The lowest BCUT2D eigenvalue weighted by Gasteiger charge is -2.42. The Kier molecular flexibility index (Phi) is 4.81. The number of nitrogens with one attached hydrogen (secondary N) is 1. The summed E-state index contributed by atoms with van der Waals surface area (Å²) in [6.07, 6.45) is 4.01. The molecule has 2 nitrogen and oxygen atoms in total. The Bertz CT molecular complexity index is 213. The summed E-state index contributed by atoms with van der Waals surface area (Å²) in [4.78, 5) is 2.67. The Hall–Kier alpha value is -0.0800. The van der Waals surface area contributed by atoms with E-state index in [1.807, 2.05) is 0 Å². The fraction of sp³-hybridized carbons (Fsp3) is 1.00. The first-order valence-electron chi connectivity index (χ1n) is 6.78. The first kappa shape index (κ1) is 14.0. The molecule has 1 fully saturated rings. The summed E-state index contributed by atoms with van der Waals surface area (Å²) in [6, 6.07) is 0. The predicted molar refractivity (Wildman–Crippen MR) is 71.8 cm³/mol. The van der Waals surface area contributed by atoms with Crippen molar-refractivity contribution in [2.75, 3.05) is 33.2 Å². The third-order valence-electron chi connectivity index (χ3n) is 4.04. The largest absolute Gasteiger partial charge is 0.319 e. The van der Waals surface area contributed by atoms with Gasteiger partial charge in [-0.15, -0.1) is 0 Å². The normalized spacial score (nSPS) is 25.3. The summed E-state index contributed by atoms with van der Waals surface area (Å²) in [6.45, 7) is 14.5. The van der Waals surface area contributed by atoms with Crippen molar-refractivity contribution in [1.82, 2.24) is 10.2 Å². The summed E-state index contributed by atoms with van der Waals surface area (Å²) in [5.74, 6) is 0. The second-order valence-corrected chi connectivity index (χ2v) is 6.67. The molecule has 1 saturated heterocycles. The first-order valence-corrected chi connectivity index (χ1v) is 6.78. The van der Waals surface area contributed by atoms with Crippen LogP contribution in [0.25, 0.3) is 0 Å². The Balaban J connectivity index is 2.51. The van der Waals surface area contributed by atoms with Gasteiger partial charge in [0.2, 0.25) is 0 Å². The number of nitrogens with zero attached hydrogens (tertiary/aromatic N) is 1. The van der Waals surface area contributed by atoms with Crippen molar-refractivity contribution in [3.05, 3.63) is 0 Å². The van der Waals surface area contributed by atoms with Crippen molar-refractivity contribution in [2.24, 2.45) is 10.8 Å². The highest BCUT2D eigenvalue weighted by molar-refractivity contribution is 4.85. The van der Waals surface area contributed by atoms with E-state index in [-0.39, 0.29) is 0 Å². The molecule has 2 heteroatoms. The van der Waals surface area contributed by atoms with E-state index < -0.39 is 0 Å². The molecule has 0 aromatic rings. The average Bonchev–Trinajstić information content (AvgIpc) is 2.16. The smallest absolute Gasteiger partial charge is 0.00476 e. The SMILES string of the molecule is CCC(C)(CNC)CN1CCCC(C)(C)C1. The molecule has 1 heterocycles. The van der Waals surface area contributed by atoms with Crippen LogP contribution in [0.1, 0.15) is 47.0 Å². The molecule has 1 aliphatic rings.